The van der Waals surface area contributed by atoms with Crippen LogP contribution in [0.25, 0.3) is 0 Å². The number of rotatable bonds is 51. The molecule has 3 saturated heterocycles. The summed E-state index contributed by atoms with van der Waals surface area (Å²) in [6, 6.07) is -1.03. The van der Waals surface area contributed by atoms with E-state index in [0.717, 1.165) is 57.8 Å². The Labute approximate surface area is 539 Å². The maximum Gasteiger partial charge on any atom is 0.220 e. The van der Waals surface area contributed by atoms with Crippen molar-refractivity contribution in [3.8, 4) is 0 Å². The maximum atomic E-state index is 13.3. The molecule has 3 aliphatic rings. The summed E-state index contributed by atoms with van der Waals surface area (Å²) in [4.78, 5) is 13.3. The average Bonchev–Trinajstić information content (AvgIpc) is 0.847. The Morgan fingerprint density at radius 3 is 1.24 bits per heavy atom. The van der Waals surface area contributed by atoms with Gasteiger partial charge in [-0.15, -0.1) is 0 Å². The van der Waals surface area contributed by atoms with Crippen molar-refractivity contribution in [3.63, 3.8) is 0 Å². The molecular formula is C71H121NO18. The molecule has 17 unspecified atom stereocenters. The highest BCUT2D eigenvalue weighted by molar-refractivity contribution is 5.76. The van der Waals surface area contributed by atoms with Crippen LogP contribution in [0.3, 0.4) is 0 Å². The van der Waals surface area contributed by atoms with Crippen LogP contribution in [-0.2, 0) is 33.2 Å². The van der Waals surface area contributed by atoms with Crippen LogP contribution >= 0.6 is 0 Å². The number of ether oxygens (including phenoxy) is 6. The Bertz CT molecular complexity index is 2010. The van der Waals surface area contributed by atoms with Crippen LogP contribution in [0.1, 0.15) is 213 Å². The second-order valence-corrected chi connectivity index (χ2v) is 24.2. The SMILES string of the molecule is CC/C=C\C/C=C\C/C=C\C/C=C\C/C=C\CCCC(=O)NC(COC1OC(CO)C(OC2OC(CO)C(OC3OC(CO)C(O)C(O)C3O)C(O)C2O)C(O)C1O)C(O)/C=C/CC/C=C/CC/C=C/CCCCCCCCCCCCCCCCCCCC. The maximum absolute atomic E-state index is 13.3. The summed E-state index contributed by atoms with van der Waals surface area (Å²) in [7, 11) is 0. The molecule has 19 heteroatoms. The van der Waals surface area contributed by atoms with Crippen molar-refractivity contribution in [2.24, 2.45) is 0 Å². The molecule has 0 saturated carbocycles. The van der Waals surface area contributed by atoms with Crippen molar-refractivity contribution in [2.75, 3.05) is 26.4 Å². The van der Waals surface area contributed by atoms with Crippen molar-refractivity contribution in [1.82, 2.24) is 5.32 Å². The van der Waals surface area contributed by atoms with Crippen LogP contribution < -0.4 is 5.32 Å². The fraction of sp³-hybridized carbons (Fsp3) is 0.761. The largest absolute Gasteiger partial charge is 0.394 e. The molecule has 1 amide bonds. The second kappa shape index (κ2) is 52.0. The van der Waals surface area contributed by atoms with E-state index in [1.807, 2.05) is 18.2 Å². The van der Waals surface area contributed by atoms with Crippen molar-refractivity contribution in [3.05, 3.63) is 97.2 Å². The van der Waals surface area contributed by atoms with Gasteiger partial charge in [0.25, 0.3) is 0 Å². The molecule has 3 fully saturated rings. The number of nitrogens with one attached hydrogen (secondary N) is 1. The lowest BCUT2D eigenvalue weighted by Crippen LogP contribution is -2.66. The van der Waals surface area contributed by atoms with Gasteiger partial charge in [-0.3, -0.25) is 4.79 Å². The highest BCUT2D eigenvalue weighted by Gasteiger charge is 2.53. The molecule has 0 radical (unpaired) electrons. The van der Waals surface area contributed by atoms with Crippen molar-refractivity contribution < 1.29 is 89.4 Å². The first-order valence-corrected chi connectivity index (χ1v) is 34.5. The van der Waals surface area contributed by atoms with E-state index in [2.05, 4.69) is 92.1 Å². The molecule has 518 valence electrons. The van der Waals surface area contributed by atoms with E-state index in [1.165, 1.54) is 116 Å². The van der Waals surface area contributed by atoms with E-state index in [0.29, 0.717) is 19.3 Å². The number of carbonyl (C=O) groups excluding carboxylic acids is 1. The zero-order valence-electron chi connectivity index (χ0n) is 54.6. The monoisotopic (exact) mass is 1280 g/mol. The number of aliphatic hydroxyl groups is 11. The minimum absolute atomic E-state index is 0.148. The summed E-state index contributed by atoms with van der Waals surface area (Å²) in [6.45, 7) is 1.54. The van der Waals surface area contributed by atoms with Gasteiger partial charge in [-0.1, -0.05) is 220 Å². The lowest BCUT2D eigenvalue weighted by molar-refractivity contribution is -0.379. The lowest BCUT2D eigenvalue weighted by Gasteiger charge is -2.48. The first-order valence-electron chi connectivity index (χ1n) is 34.5. The number of hydrogen-bond donors (Lipinski definition) is 12. The molecule has 0 aromatic rings. The average molecular weight is 1280 g/mol. The topological polar surface area (TPSA) is 307 Å². The summed E-state index contributed by atoms with van der Waals surface area (Å²) in [5.41, 5.74) is 0. The van der Waals surface area contributed by atoms with Crippen LogP contribution in [0, 0.1) is 0 Å². The Morgan fingerprint density at radius 2 is 0.778 bits per heavy atom. The Morgan fingerprint density at radius 1 is 0.411 bits per heavy atom. The molecule has 17 atom stereocenters. The zero-order valence-corrected chi connectivity index (χ0v) is 54.6. The highest BCUT2D eigenvalue weighted by atomic mass is 16.8. The number of carbonyl (C=O) groups is 1. The van der Waals surface area contributed by atoms with Crippen molar-refractivity contribution in [1.29, 1.82) is 0 Å². The van der Waals surface area contributed by atoms with Gasteiger partial charge in [0.1, 0.15) is 73.2 Å². The number of allylic oxidation sites excluding steroid dienone is 15. The van der Waals surface area contributed by atoms with Crippen LogP contribution in [-0.4, -0.2) is 193 Å². The summed E-state index contributed by atoms with van der Waals surface area (Å²) >= 11 is 0. The second-order valence-electron chi connectivity index (χ2n) is 24.2. The molecule has 12 N–H and O–H groups in total. The number of hydrogen-bond acceptors (Lipinski definition) is 18. The molecule has 3 aliphatic heterocycles. The van der Waals surface area contributed by atoms with Gasteiger partial charge in [0.2, 0.25) is 5.91 Å². The Kier molecular flexibility index (Phi) is 46.8. The van der Waals surface area contributed by atoms with E-state index >= 15 is 0 Å². The lowest BCUT2D eigenvalue weighted by atomic mass is 9.96. The Balaban J connectivity index is 1.47. The normalized spacial score (nSPS) is 28.7. The van der Waals surface area contributed by atoms with Gasteiger partial charge in [-0.05, 0) is 83.5 Å². The van der Waals surface area contributed by atoms with Crippen LogP contribution in [0.15, 0.2) is 97.2 Å². The third kappa shape index (κ3) is 33.7. The van der Waals surface area contributed by atoms with Gasteiger partial charge in [0.15, 0.2) is 18.9 Å². The van der Waals surface area contributed by atoms with Crippen molar-refractivity contribution >= 4 is 5.91 Å². The van der Waals surface area contributed by atoms with E-state index in [9.17, 15) is 61.0 Å². The molecule has 0 aliphatic carbocycles. The first-order chi connectivity index (χ1) is 43.8. The predicted molar refractivity (Wildman–Crippen MR) is 351 cm³/mol. The van der Waals surface area contributed by atoms with E-state index in [-0.39, 0.29) is 12.3 Å². The minimum atomic E-state index is -1.99. The van der Waals surface area contributed by atoms with Crippen molar-refractivity contribution in [2.45, 2.75) is 317 Å². The quantitative estimate of drug-likeness (QED) is 0.0200. The smallest absolute Gasteiger partial charge is 0.220 e. The zero-order chi connectivity index (χ0) is 65.4. The van der Waals surface area contributed by atoms with Gasteiger partial charge in [-0.2, -0.15) is 0 Å². The molecule has 90 heavy (non-hydrogen) atoms. The van der Waals surface area contributed by atoms with Gasteiger partial charge < -0.3 is 89.9 Å². The molecule has 3 heterocycles. The Hall–Kier alpha value is -3.29. The van der Waals surface area contributed by atoms with E-state index in [4.69, 9.17) is 28.4 Å². The van der Waals surface area contributed by atoms with Gasteiger partial charge >= 0.3 is 0 Å². The summed E-state index contributed by atoms with van der Waals surface area (Å²) in [5.74, 6) is -0.349. The highest BCUT2D eigenvalue weighted by Crippen LogP contribution is 2.33. The molecule has 19 nitrogen and oxygen atoms in total. The van der Waals surface area contributed by atoms with Crippen LogP contribution in [0.5, 0.6) is 0 Å². The molecule has 0 aromatic heterocycles. The number of aliphatic hydroxyl groups excluding tert-OH is 11. The fourth-order valence-corrected chi connectivity index (χ4v) is 11.0. The number of unbranched alkanes of at least 4 members (excludes halogenated alkanes) is 21. The minimum Gasteiger partial charge on any atom is -0.394 e. The third-order valence-electron chi connectivity index (χ3n) is 16.6. The summed E-state index contributed by atoms with van der Waals surface area (Å²) < 4.78 is 34.3. The fourth-order valence-electron chi connectivity index (χ4n) is 11.0. The van der Waals surface area contributed by atoms with Gasteiger partial charge in [0, 0.05) is 6.42 Å². The molecule has 3 rings (SSSR count). The predicted octanol–water partition coefficient (Wildman–Crippen LogP) is 8.88. The third-order valence-corrected chi connectivity index (χ3v) is 16.6. The number of amides is 1. The van der Waals surface area contributed by atoms with E-state index in [1.54, 1.807) is 6.08 Å². The van der Waals surface area contributed by atoms with E-state index < -0.39 is 131 Å². The van der Waals surface area contributed by atoms with Crippen LogP contribution in [0.4, 0.5) is 0 Å². The first kappa shape index (κ1) is 80.9. The van der Waals surface area contributed by atoms with Gasteiger partial charge in [-0.25, -0.2) is 0 Å². The molecule has 0 bridgehead atoms. The summed E-state index contributed by atoms with van der Waals surface area (Å²) in [5, 5.41) is 120. The van der Waals surface area contributed by atoms with Gasteiger partial charge in [0.05, 0.1) is 38.6 Å². The van der Waals surface area contributed by atoms with Crippen LogP contribution in [0.2, 0.25) is 0 Å². The standard InChI is InChI=1S/C71H121NO18/c1-3-5-7-9-11-13-15-17-19-21-22-23-24-25-26-27-28-29-30-31-33-34-36-38-40-42-44-46-48-55(76)54(72-59(77)49-47-45-43-41-39-37-35-32-20-18-16-14-12-10-8-6-4-2)53-85-69-65(83)62(80)67(57(51-74)87-69)90-71-66(84)63(81)68(58(52-75)88-71)89-70-64(82)61(79)60(78)56(50-73)86-70/h6,8,12,14,18,20,31,33,35,37-38,40-41,43,46,48,54-58,60-71,73-76,78-84H,3-5,7,9-11,13,15-17,19,21-30,32,34,36,39,42,44-45,47,49-53H2,1-2H3,(H,72,77)/b8-6-,14-12-,20-18-,33-31+,37-35-,40-38+,43-41-,48-46+. The molecule has 0 spiro atoms. The molecule has 0 aromatic carbocycles. The summed E-state index contributed by atoms with van der Waals surface area (Å²) in [6.07, 6.45) is 41.2. The molecular weight excluding hydrogens is 1150 g/mol.